The zero-order valence-corrected chi connectivity index (χ0v) is 12.6. The van der Waals surface area contributed by atoms with Gasteiger partial charge in [-0.2, -0.15) is 0 Å². The molecule has 1 aromatic heterocycles. The number of aliphatic hydroxyl groups excluding tert-OH is 1. The summed E-state index contributed by atoms with van der Waals surface area (Å²) in [5, 5.41) is 15.1. The minimum absolute atomic E-state index is 0.173. The number of rotatable bonds is 3. The summed E-state index contributed by atoms with van der Waals surface area (Å²) in [6.07, 6.45) is -0.438. The molecule has 1 atom stereocenters. The first-order chi connectivity index (χ1) is 9.89. The van der Waals surface area contributed by atoms with Crippen molar-refractivity contribution in [2.45, 2.75) is 31.8 Å². The van der Waals surface area contributed by atoms with Gasteiger partial charge in [-0.1, -0.05) is 6.07 Å². The van der Waals surface area contributed by atoms with E-state index in [1.807, 2.05) is 17.5 Å². The highest BCUT2D eigenvalue weighted by Crippen LogP contribution is 2.42. The molecular weight excluding hydrogens is 289 g/mol. The predicted molar refractivity (Wildman–Crippen MR) is 81.0 cm³/mol. The van der Waals surface area contributed by atoms with Crippen LogP contribution in [0.4, 0.5) is 10.1 Å². The van der Waals surface area contributed by atoms with Crippen molar-refractivity contribution in [3.05, 3.63) is 51.5 Å². The molecule has 3 nitrogen and oxygen atoms in total. The van der Waals surface area contributed by atoms with Gasteiger partial charge in [-0.05, 0) is 43.0 Å². The summed E-state index contributed by atoms with van der Waals surface area (Å²) in [6.45, 7) is 3.51. The Labute approximate surface area is 126 Å². The van der Waals surface area contributed by atoms with Crippen molar-refractivity contribution in [1.82, 2.24) is 0 Å². The molecule has 0 spiro atoms. The number of carbonyl (C=O) groups excluding carboxylic acids is 1. The average molecular weight is 305 g/mol. The van der Waals surface area contributed by atoms with E-state index in [4.69, 9.17) is 0 Å². The van der Waals surface area contributed by atoms with Gasteiger partial charge in [0.15, 0.2) is 0 Å². The maximum atomic E-state index is 13.9. The zero-order chi connectivity index (χ0) is 15.2. The number of anilines is 1. The smallest absolute Gasteiger partial charge is 0.234 e. The second kappa shape index (κ2) is 4.93. The highest BCUT2D eigenvalue weighted by Gasteiger charge is 2.40. The topological polar surface area (TPSA) is 49.3 Å². The lowest BCUT2D eigenvalue weighted by Gasteiger charge is -2.17. The lowest BCUT2D eigenvalue weighted by Crippen LogP contribution is -2.26. The molecule has 2 heterocycles. The Morgan fingerprint density at radius 2 is 2.19 bits per heavy atom. The summed E-state index contributed by atoms with van der Waals surface area (Å²) in [5.74, 6) is -0.605. The number of fused-ring (bicyclic) bond motifs is 1. The molecule has 21 heavy (non-hydrogen) atoms. The molecule has 2 N–H and O–H groups in total. The number of hydrogen-bond donors (Lipinski definition) is 2. The molecular formula is C16H16FNO2S. The summed E-state index contributed by atoms with van der Waals surface area (Å²) in [4.78, 5) is 13.1. The number of thiophene rings is 1. The molecule has 0 saturated heterocycles. The van der Waals surface area contributed by atoms with Crippen LogP contribution in [0, 0.1) is 5.82 Å². The van der Waals surface area contributed by atoms with E-state index in [1.165, 1.54) is 12.1 Å². The van der Waals surface area contributed by atoms with Crippen LogP contribution in [0.1, 0.15) is 36.0 Å². The normalized spacial score (nSPS) is 17.4. The Balaban J connectivity index is 2.03. The molecule has 1 aromatic carbocycles. The molecule has 0 bridgehead atoms. The Morgan fingerprint density at radius 3 is 2.86 bits per heavy atom. The zero-order valence-electron chi connectivity index (χ0n) is 11.8. The number of benzene rings is 1. The van der Waals surface area contributed by atoms with Crippen LogP contribution in [-0.2, 0) is 16.6 Å². The van der Waals surface area contributed by atoms with Crippen LogP contribution in [0.2, 0.25) is 0 Å². The third kappa shape index (κ3) is 2.36. The molecule has 0 saturated carbocycles. The number of hydrogen-bond acceptors (Lipinski definition) is 3. The second-order valence-electron chi connectivity index (χ2n) is 5.80. The van der Waals surface area contributed by atoms with Crippen molar-refractivity contribution in [3.8, 4) is 0 Å². The maximum absolute atomic E-state index is 13.9. The minimum atomic E-state index is -0.845. The summed E-state index contributed by atoms with van der Waals surface area (Å²) >= 11 is 1.54. The Hall–Kier alpha value is -1.72. The number of amides is 1. The third-order valence-corrected chi connectivity index (χ3v) is 4.85. The van der Waals surface area contributed by atoms with Crippen LogP contribution < -0.4 is 5.32 Å². The quantitative estimate of drug-likeness (QED) is 0.913. The highest BCUT2D eigenvalue weighted by molar-refractivity contribution is 7.09. The summed E-state index contributed by atoms with van der Waals surface area (Å²) in [5.41, 5.74) is 0.815. The van der Waals surface area contributed by atoms with E-state index in [9.17, 15) is 14.3 Å². The molecule has 1 aliphatic rings. The van der Waals surface area contributed by atoms with Crippen molar-refractivity contribution < 1.29 is 14.3 Å². The summed E-state index contributed by atoms with van der Waals surface area (Å²) < 4.78 is 13.9. The second-order valence-corrected chi connectivity index (χ2v) is 6.83. The fourth-order valence-corrected chi connectivity index (χ4v) is 3.39. The first-order valence-corrected chi connectivity index (χ1v) is 7.63. The van der Waals surface area contributed by atoms with Crippen molar-refractivity contribution in [2.24, 2.45) is 0 Å². The van der Waals surface area contributed by atoms with Crippen LogP contribution in [0.5, 0.6) is 0 Å². The van der Waals surface area contributed by atoms with Gasteiger partial charge < -0.3 is 10.4 Å². The molecule has 0 radical (unpaired) electrons. The highest BCUT2D eigenvalue weighted by atomic mass is 32.1. The molecule has 110 valence electrons. The molecule has 3 rings (SSSR count). The van der Waals surface area contributed by atoms with Gasteiger partial charge in [0.05, 0.1) is 17.2 Å². The first kappa shape index (κ1) is 14.2. The van der Waals surface area contributed by atoms with E-state index in [0.29, 0.717) is 23.2 Å². The third-order valence-electron chi connectivity index (χ3n) is 3.95. The van der Waals surface area contributed by atoms with Gasteiger partial charge in [0.2, 0.25) is 5.91 Å². The summed E-state index contributed by atoms with van der Waals surface area (Å²) in [7, 11) is 0. The van der Waals surface area contributed by atoms with E-state index in [0.717, 1.165) is 4.88 Å². The van der Waals surface area contributed by atoms with E-state index >= 15 is 0 Å². The lowest BCUT2D eigenvalue weighted by atomic mass is 9.84. The van der Waals surface area contributed by atoms with Gasteiger partial charge in [-0.25, -0.2) is 4.39 Å². The monoisotopic (exact) mass is 305 g/mol. The lowest BCUT2D eigenvalue weighted by molar-refractivity contribution is -0.119. The molecule has 5 heteroatoms. The van der Waals surface area contributed by atoms with Crippen molar-refractivity contribution in [2.75, 3.05) is 5.32 Å². The number of halogens is 1. The van der Waals surface area contributed by atoms with Gasteiger partial charge in [-0.15, -0.1) is 11.3 Å². The largest absolute Gasteiger partial charge is 0.388 e. The molecule has 2 aromatic rings. The van der Waals surface area contributed by atoms with Gasteiger partial charge in [0.1, 0.15) is 5.82 Å². The molecule has 0 fully saturated rings. The Morgan fingerprint density at radius 1 is 1.43 bits per heavy atom. The van der Waals surface area contributed by atoms with Crippen LogP contribution >= 0.6 is 11.3 Å². The molecule has 1 amide bonds. The van der Waals surface area contributed by atoms with Gasteiger partial charge in [-0.3, -0.25) is 4.79 Å². The maximum Gasteiger partial charge on any atom is 0.234 e. The first-order valence-electron chi connectivity index (χ1n) is 6.75. The Bertz CT molecular complexity index is 695. The minimum Gasteiger partial charge on any atom is -0.388 e. The average Bonchev–Trinajstić information content (AvgIpc) is 2.99. The molecule has 0 aliphatic carbocycles. The van der Waals surface area contributed by atoms with Gasteiger partial charge in [0.25, 0.3) is 0 Å². The van der Waals surface area contributed by atoms with Crippen LogP contribution in [0.25, 0.3) is 0 Å². The standard InChI is InChI=1S/C16H16FNO2S/c1-16(2)12-7-9(17)6-11(14(12)18-15(16)20)13(19)8-10-4-3-5-21-10/h3-7,13,19H,8H2,1-2H3,(H,18,20). The summed E-state index contributed by atoms with van der Waals surface area (Å²) in [6, 6.07) is 6.51. The van der Waals surface area contributed by atoms with Gasteiger partial charge >= 0.3 is 0 Å². The van der Waals surface area contributed by atoms with Crippen LogP contribution in [0.3, 0.4) is 0 Å². The Kier molecular flexibility index (Phi) is 3.34. The number of carbonyl (C=O) groups is 1. The van der Waals surface area contributed by atoms with E-state index in [-0.39, 0.29) is 5.91 Å². The molecule has 1 aliphatic heterocycles. The van der Waals surface area contributed by atoms with Gasteiger partial charge in [0, 0.05) is 16.9 Å². The van der Waals surface area contributed by atoms with E-state index in [1.54, 1.807) is 25.2 Å². The predicted octanol–water partition coefficient (Wildman–Crippen LogP) is 3.39. The van der Waals surface area contributed by atoms with Crippen LogP contribution in [0.15, 0.2) is 29.6 Å². The van der Waals surface area contributed by atoms with Crippen LogP contribution in [-0.4, -0.2) is 11.0 Å². The number of nitrogens with one attached hydrogen (secondary N) is 1. The SMILES string of the molecule is CC1(C)C(=O)Nc2c(C(O)Cc3cccs3)cc(F)cc21. The van der Waals surface area contributed by atoms with Crippen molar-refractivity contribution in [1.29, 1.82) is 0 Å². The van der Waals surface area contributed by atoms with Crippen molar-refractivity contribution in [3.63, 3.8) is 0 Å². The van der Waals surface area contributed by atoms with Crippen molar-refractivity contribution >= 4 is 22.9 Å². The van der Waals surface area contributed by atoms with E-state index in [2.05, 4.69) is 5.32 Å². The fraction of sp³-hybridized carbons (Fsp3) is 0.312. The molecule has 1 unspecified atom stereocenters. The number of aliphatic hydroxyl groups is 1. The fourth-order valence-electron chi connectivity index (χ4n) is 2.64. The van der Waals surface area contributed by atoms with E-state index < -0.39 is 17.3 Å².